The van der Waals surface area contributed by atoms with E-state index in [1.807, 2.05) is 4.72 Å². The molecule has 3 rings (SSSR count). The minimum absolute atomic E-state index is 0.0438. The summed E-state index contributed by atoms with van der Waals surface area (Å²) in [5.74, 6) is -1.69. The number of aromatic carboxylic acids is 1. The van der Waals surface area contributed by atoms with E-state index in [1.165, 1.54) is 24.3 Å². The Kier molecular flexibility index (Phi) is 5.97. The van der Waals surface area contributed by atoms with Crippen LogP contribution in [0.2, 0.25) is 0 Å². The fraction of sp³-hybridized carbons (Fsp3) is 0.150. The number of hydrogen-bond donors (Lipinski definition) is 2. The van der Waals surface area contributed by atoms with E-state index in [4.69, 9.17) is 5.11 Å². The summed E-state index contributed by atoms with van der Waals surface area (Å²) in [5, 5.41) is 21.8. The fourth-order valence-corrected chi connectivity index (χ4v) is 3.81. The zero-order valence-corrected chi connectivity index (χ0v) is 17.7. The summed E-state index contributed by atoms with van der Waals surface area (Å²) in [6.07, 6.45) is 0. The number of carboxylic acids is 1. The Morgan fingerprint density at radius 3 is 2.16 bits per heavy atom. The Hall–Kier alpha value is -3.86. The number of sulfonamides is 1. The molecule has 1 heterocycles. The van der Waals surface area contributed by atoms with Crippen LogP contribution in [0.25, 0.3) is 5.69 Å². The summed E-state index contributed by atoms with van der Waals surface area (Å²) in [7, 11) is -3.92. The van der Waals surface area contributed by atoms with Gasteiger partial charge in [-0.3, -0.25) is 4.79 Å². The number of azo groups is 1. The Morgan fingerprint density at radius 1 is 1.00 bits per heavy atom. The van der Waals surface area contributed by atoms with Crippen molar-refractivity contribution in [1.82, 2.24) is 14.5 Å². The maximum atomic E-state index is 12.1. The monoisotopic (exact) mass is 441 g/mol. The van der Waals surface area contributed by atoms with Crippen molar-refractivity contribution in [3.8, 4) is 5.69 Å². The molecule has 2 aromatic carbocycles. The van der Waals surface area contributed by atoms with E-state index >= 15 is 0 Å². The van der Waals surface area contributed by atoms with Crippen molar-refractivity contribution >= 4 is 33.3 Å². The predicted molar refractivity (Wildman–Crippen MR) is 112 cm³/mol. The van der Waals surface area contributed by atoms with Crippen molar-refractivity contribution in [3.63, 3.8) is 0 Å². The van der Waals surface area contributed by atoms with Gasteiger partial charge < -0.3 is 5.11 Å². The SMILES string of the molecule is CC(=O)NS(=O)(=O)c1ccc(-n2nc(C)c(N=Nc3ccc(C(=O)O)cc3)c2C)cc1. The predicted octanol–water partition coefficient (Wildman–Crippen LogP) is 3.43. The molecule has 3 aromatic rings. The highest BCUT2D eigenvalue weighted by Gasteiger charge is 2.17. The highest BCUT2D eigenvalue weighted by Crippen LogP contribution is 2.28. The first-order valence-electron chi connectivity index (χ1n) is 9.03. The topological polar surface area (TPSA) is 143 Å². The number of amides is 1. The summed E-state index contributed by atoms with van der Waals surface area (Å²) in [6.45, 7) is 4.68. The molecule has 10 nitrogen and oxygen atoms in total. The highest BCUT2D eigenvalue weighted by molar-refractivity contribution is 7.90. The van der Waals surface area contributed by atoms with Gasteiger partial charge in [0.1, 0.15) is 5.69 Å². The average Bonchev–Trinajstić information content (AvgIpc) is 2.99. The van der Waals surface area contributed by atoms with Crippen molar-refractivity contribution < 1.29 is 23.1 Å². The fourth-order valence-electron chi connectivity index (χ4n) is 2.82. The molecule has 1 amide bonds. The Balaban J connectivity index is 1.87. The van der Waals surface area contributed by atoms with Gasteiger partial charge in [-0.1, -0.05) is 0 Å². The number of carboxylic acid groups (broad SMARTS) is 1. The van der Waals surface area contributed by atoms with Gasteiger partial charge in [-0.2, -0.15) is 10.2 Å². The van der Waals surface area contributed by atoms with Gasteiger partial charge in [-0.25, -0.2) is 22.6 Å². The number of aromatic nitrogens is 2. The standard InChI is InChI=1S/C20H19N5O5S/c1-12-19(22-21-16-6-4-15(5-7-16)20(27)28)13(2)25(23-12)17-8-10-18(11-9-17)31(29,30)24-14(3)26/h4-11H,1-3H3,(H,24,26)(H,27,28). The number of benzene rings is 2. The van der Waals surface area contributed by atoms with Gasteiger partial charge in [0.15, 0.2) is 0 Å². The third-order valence-corrected chi connectivity index (χ3v) is 5.75. The van der Waals surface area contributed by atoms with E-state index in [2.05, 4.69) is 15.3 Å². The number of nitrogens with zero attached hydrogens (tertiary/aromatic N) is 4. The molecule has 0 spiro atoms. The van der Waals surface area contributed by atoms with Crippen LogP contribution in [0.3, 0.4) is 0 Å². The molecule has 0 radical (unpaired) electrons. The molecule has 0 aliphatic heterocycles. The maximum Gasteiger partial charge on any atom is 0.335 e. The molecule has 0 bridgehead atoms. The number of carbonyl (C=O) groups is 2. The quantitative estimate of drug-likeness (QED) is 0.561. The van der Waals surface area contributed by atoms with Crippen molar-refractivity contribution in [2.75, 3.05) is 0 Å². The molecule has 0 aliphatic carbocycles. The number of carbonyl (C=O) groups excluding carboxylic acids is 1. The second-order valence-corrected chi connectivity index (χ2v) is 8.32. The second kappa shape index (κ2) is 8.48. The van der Waals surface area contributed by atoms with E-state index in [-0.39, 0.29) is 10.5 Å². The van der Waals surface area contributed by atoms with E-state index in [9.17, 15) is 18.0 Å². The van der Waals surface area contributed by atoms with Crippen LogP contribution in [-0.4, -0.2) is 35.2 Å². The van der Waals surface area contributed by atoms with Gasteiger partial charge in [0.2, 0.25) is 5.91 Å². The first kappa shape index (κ1) is 21.8. The lowest BCUT2D eigenvalue weighted by Crippen LogP contribution is -2.28. The molecule has 1 aromatic heterocycles. The van der Waals surface area contributed by atoms with Crippen molar-refractivity contribution in [2.24, 2.45) is 10.2 Å². The van der Waals surface area contributed by atoms with Gasteiger partial charge in [0, 0.05) is 6.92 Å². The molecule has 160 valence electrons. The normalized spacial score (nSPS) is 11.6. The van der Waals surface area contributed by atoms with Crippen LogP contribution < -0.4 is 4.72 Å². The zero-order valence-electron chi connectivity index (χ0n) is 16.9. The molecule has 11 heteroatoms. The van der Waals surface area contributed by atoms with Crippen LogP contribution >= 0.6 is 0 Å². The molecule has 0 unspecified atom stereocenters. The third kappa shape index (κ3) is 4.83. The second-order valence-electron chi connectivity index (χ2n) is 6.64. The van der Waals surface area contributed by atoms with E-state index in [1.54, 1.807) is 42.8 Å². The first-order chi connectivity index (χ1) is 14.6. The van der Waals surface area contributed by atoms with Crippen molar-refractivity contribution in [2.45, 2.75) is 25.7 Å². The van der Waals surface area contributed by atoms with Gasteiger partial charge in [-0.05, 0) is 62.4 Å². The lowest BCUT2D eigenvalue weighted by atomic mass is 10.2. The molecule has 2 N–H and O–H groups in total. The highest BCUT2D eigenvalue weighted by atomic mass is 32.2. The number of hydrogen-bond acceptors (Lipinski definition) is 7. The molecule has 0 fully saturated rings. The average molecular weight is 441 g/mol. The summed E-state index contributed by atoms with van der Waals surface area (Å²) >= 11 is 0. The van der Waals surface area contributed by atoms with Crippen LogP contribution in [0, 0.1) is 13.8 Å². The van der Waals surface area contributed by atoms with Crippen LogP contribution in [-0.2, 0) is 14.8 Å². The van der Waals surface area contributed by atoms with Gasteiger partial charge in [0.05, 0.1) is 33.2 Å². The molecular formula is C20H19N5O5S. The summed E-state index contributed by atoms with van der Waals surface area (Å²) in [4.78, 5) is 21.9. The Bertz CT molecular complexity index is 1280. The summed E-state index contributed by atoms with van der Waals surface area (Å²) < 4.78 is 27.7. The molecule has 31 heavy (non-hydrogen) atoms. The van der Waals surface area contributed by atoms with E-state index in [0.29, 0.717) is 28.5 Å². The largest absolute Gasteiger partial charge is 0.478 e. The Morgan fingerprint density at radius 2 is 1.61 bits per heavy atom. The van der Waals surface area contributed by atoms with Gasteiger partial charge >= 0.3 is 5.97 Å². The zero-order chi connectivity index (χ0) is 22.8. The minimum atomic E-state index is -3.92. The van der Waals surface area contributed by atoms with Gasteiger partial charge in [-0.15, -0.1) is 5.11 Å². The molecule has 0 saturated heterocycles. The third-order valence-electron chi connectivity index (χ3n) is 4.30. The summed E-state index contributed by atoms with van der Waals surface area (Å²) in [6, 6.07) is 11.9. The van der Waals surface area contributed by atoms with Crippen molar-refractivity contribution in [1.29, 1.82) is 0 Å². The number of aryl methyl sites for hydroxylation is 1. The minimum Gasteiger partial charge on any atom is -0.478 e. The summed E-state index contributed by atoms with van der Waals surface area (Å²) in [5.41, 5.74) is 3.08. The first-order valence-corrected chi connectivity index (χ1v) is 10.5. The van der Waals surface area contributed by atoms with Gasteiger partial charge in [0.25, 0.3) is 10.0 Å². The molecular weight excluding hydrogens is 422 g/mol. The maximum absolute atomic E-state index is 12.1. The van der Waals surface area contributed by atoms with Crippen LogP contribution in [0.1, 0.15) is 28.7 Å². The molecule has 0 atom stereocenters. The van der Waals surface area contributed by atoms with Crippen LogP contribution in [0.15, 0.2) is 63.7 Å². The van der Waals surface area contributed by atoms with E-state index < -0.39 is 21.9 Å². The van der Waals surface area contributed by atoms with E-state index in [0.717, 1.165) is 6.92 Å². The van der Waals surface area contributed by atoms with Crippen LogP contribution in [0.5, 0.6) is 0 Å². The number of nitrogens with one attached hydrogen (secondary N) is 1. The molecule has 0 aliphatic rings. The Labute approximate surface area is 178 Å². The smallest absolute Gasteiger partial charge is 0.335 e. The lowest BCUT2D eigenvalue weighted by molar-refractivity contribution is -0.117. The lowest BCUT2D eigenvalue weighted by Gasteiger charge is -2.07. The van der Waals surface area contributed by atoms with Crippen LogP contribution in [0.4, 0.5) is 11.4 Å². The van der Waals surface area contributed by atoms with Crippen molar-refractivity contribution in [3.05, 3.63) is 65.5 Å². The molecule has 0 saturated carbocycles. The number of rotatable bonds is 6.